The van der Waals surface area contributed by atoms with Gasteiger partial charge in [-0.2, -0.15) is 9.90 Å². The summed E-state index contributed by atoms with van der Waals surface area (Å²) in [4.78, 5) is 0. The van der Waals surface area contributed by atoms with E-state index in [2.05, 4.69) is 32.9 Å². The van der Waals surface area contributed by atoms with Gasteiger partial charge >= 0.3 is 0 Å². The van der Waals surface area contributed by atoms with Crippen LogP contribution in [0.4, 0.5) is 0 Å². The molecule has 0 aromatic heterocycles. The molecule has 0 N–H and O–H groups in total. The van der Waals surface area contributed by atoms with Crippen molar-refractivity contribution >= 4 is 21.5 Å². The SMILES string of the molecule is CCCCCCCCCCCCCCCCc1c(CCl)ccc(C)c1C.P. The summed E-state index contributed by atoms with van der Waals surface area (Å²) in [7, 11) is 0. The van der Waals surface area contributed by atoms with Gasteiger partial charge in [-0.25, -0.2) is 0 Å². The molecule has 1 atom stereocenters. The monoisotopic (exact) mass is 412 g/mol. The van der Waals surface area contributed by atoms with E-state index >= 15 is 0 Å². The van der Waals surface area contributed by atoms with Gasteiger partial charge in [0, 0.05) is 5.88 Å². The summed E-state index contributed by atoms with van der Waals surface area (Å²) < 4.78 is 0. The minimum Gasteiger partial charge on any atom is -0.153 e. The lowest BCUT2D eigenvalue weighted by atomic mass is 9.94. The van der Waals surface area contributed by atoms with Gasteiger partial charge in [-0.3, -0.25) is 0 Å². The summed E-state index contributed by atoms with van der Waals surface area (Å²) in [6, 6.07) is 4.43. The molecule has 2 heteroatoms. The molecule has 27 heavy (non-hydrogen) atoms. The highest BCUT2D eigenvalue weighted by Crippen LogP contribution is 2.22. The van der Waals surface area contributed by atoms with Gasteiger partial charge in [-0.1, -0.05) is 103 Å². The molecule has 158 valence electrons. The molecular formula is C25H46ClP. The fourth-order valence-corrected chi connectivity index (χ4v) is 4.15. The summed E-state index contributed by atoms with van der Waals surface area (Å²) in [6.07, 6.45) is 21.1. The summed E-state index contributed by atoms with van der Waals surface area (Å²) in [5.74, 6) is 0.648. The van der Waals surface area contributed by atoms with E-state index in [1.54, 1.807) is 0 Å². The van der Waals surface area contributed by atoms with Crippen molar-refractivity contribution in [3.05, 3.63) is 34.4 Å². The molecule has 0 spiro atoms. The third-order valence-corrected chi connectivity index (χ3v) is 6.18. The normalized spacial score (nSPS) is 10.8. The lowest BCUT2D eigenvalue weighted by Gasteiger charge is -2.13. The van der Waals surface area contributed by atoms with E-state index < -0.39 is 0 Å². The highest BCUT2D eigenvalue weighted by Gasteiger charge is 2.07. The molecule has 0 aliphatic rings. The van der Waals surface area contributed by atoms with Gasteiger partial charge in [0.15, 0.2) is 0 Å². The van der Waals surface area contributed by atoms with Crippen molar-refractivity contribution in [2.75, 3.05) is 0 Å². The Balaban J connectivity index is 0.00000676. The Kier molecular flexibility index (Phi) is 18.0. The van der Waals surface area contributed by atoms with Crippen molar-refractivity contribution in [2.45, 2.75) is 123 Å². The van der Waals surface area contributed by atoms with E-state index in [9.17, 15) is 0 Å². The van der Waals surface area contributed by atoms with E-state index in [4.69, 9.17) is 11.6 Å². The van der Waals surface area contributed by atoms with Crippen LogP contribution in [0.1, 0.15) is 119 Å². The first-order valence-electron chi connectivity index (χ1n) is 11.3. The Morgan fingerprint density at radius 2 is 1.11 bits per heavy atom. The lowest BCUT2D eigenvalue weighted by molar-refractivity contribution is 0.535. The fraction of sp³-hybridized carbons (Fsp3) is 0.760. The standard InChI is InChI=1S/C25H43Cl.H3P/c1-4-5-6-7-8-9-10-11-12-13-14-15-16-17-18-25-23(3)22(2)19-20-24(25)21-26;/h19-20H,4-18,21H2,1-3H3;1H3. The quantitative estimate of drug-likeness (QED) is 0.144. The molecule has 0 nitrogen and oxygen atoms in total. The van der Waals surface area contributed by atoms with Crippen LogP contribution in [0.2, 0.25) is 0 Å². The van der Waals surface area contributed by atoms with Gasteiger partial charge in [-0.15, -0.1) is 11.6 Å². The molecule has 0 radical (unpaired) electrons. The Labute approximate surface area is 178 Å². The minimum atomic E-state index is 0. The predicted molar refractivity (Wildman–Crippen MR) is 131 cm³/mol. The van der Waals surface area contributed by atoms with Gasteiger partial charge in [0.25, 0.3) is 0 Å². The van der Waals surface area contributed by atoms with Crippen LogP contribution in [-0.4, -0.2) is 0 Å². The van der Waals surface area contributed by atoms with Crippen molar-refractivity contribution in [1.82, 2.24) is 0 Å². The second kappa shape index (κ2) is 18.0. The lowest BCUT2D eigenvalue weighted by Crippen LogP contribution is -1.98. The Bertz CT molecular complexity index is 470. The molecule has 0 amide bonds. The molecule has 0 heterocycles. The zero-order chi connectivity index (χ0) is 19.0. The van der Waals surface area contributed by atoms with Gasteiger partial charge in [0.2, 0.25) is 0 Å². The van der Waals surface area contributed by atoms with Crippen LogP contribution in [0, 0.1) is 13.8 Å². The third kappa shape index (κ3) is 12.2. The summed E-state index contributed by atoms with van der Waals surface area (Å²) in [6.45, 7) is 6.76. The molecule has 0 aliphatic carbocycles. The summed E-state index contributed by atoms with van der Waals surface area (Å²) in [5, 5.41) is 0. The van der Waals surface area contributed by atoms with Crippen LogP contribution in [-0.2, 0) is 12.3 Å². The van der Waals surface area contributed by atoms with Gasteiger partial charge in [0.1, 0.15) is 0 Å². The van der Waals surface area contributed by atoms with Crippen LogP contribution in [0.15, 0.2) is 12.1 Å². The average molecular weight is 413 g/mol. The zero-order valence-corrected chi connectivity index (χ0v) is 20.7. The highest BCUT2D eigenvalue weighted by atomic mass is 35.5. The number of alkyl halides is 1. The molecule has 0 fully saturated rings. The minimum absolute atomic E-state index is 0. The second-order valence-corrected chi connectivity index (χ2v) is 8.39. The van der Waals surface area contributed by atoms with Crippen LogP contribution in [0.25, 0.3) is 0 Å². The molecule has 0 aliphatic heterocycles. The van der Waals surface area contributed by atoms with E-state index in [0.29, 0.717) is 5.88 Å². The first-order chi connectivity index (χ1) is 12.7. The number of aryl methyl sites for hydroxylation is 1. The number of hydrogen-bond acceptors (Lipinski definition) is 0. The third-order valence-electron chi connectivity index (χ3n) is 5.89. The van der Waals surface area contributed by atoms with E-state index in [1.807, 2.05) is 0 Å². The maximum Gasteiger partial charge on any atom is 0.0476 e. The molecule has 1 aromatic rings. The largest absolute Gasteiger partial charge is 0.153 e. The maximum atomic E-state index is 6.12. The molecule has 1 unspecified atom stereocenters. The molecule has 0 bridgehead atoms. The molecule has 1 rings (SSSR count). The topological polar surface area (TPSA) is 0 Å². The van der Waals surface area contributed by atoms with Crippen LogP contribution < -0.4 is 0 Å². The summed E-state index contributed by atoms with van der Waals surface area (Å²) in [5.41, 5.74) is 5.71. The smallest absolute Gasteiger partial charge is 0.0476 e. The fourth-order valence-electron chi connectivity index (χ4n) is 3.90. The van der Waals surface area contributed by atoms with Crippen molar-refractivity contribution in [3.63, 3.8) is 0 Å². The number of halogens is 1. The average Bonchev–Trinajstić information content (AvgIpc) is 2.65. The number of rotatable bonds is 16. The maximum absolute atomic E-state index is 6.12. The van der Waals surface area contributed by atoms with E-state index in [1.165, 1.54) is 119 Å². The first kappa shape index (κ1) is 26.9. The van der Waals surface area contributed by atoms with Crippen LogP contribution in [0.3, 0.4) is 0 Å². The van der Waals surface area contributed by atoms with Crippen molar-refractivity contribution < 1.29 is 0 Å². The van der Waals surface area contributed by atoms with Crippen LogP contribution >= 0.6 is 21.5 Å². The van der Waals surface area contributed by atoms with Crippen LogP contribution in [0.5, 0.6) is 0 Å². The number of hydrogen-bond donors (Lipinski definition) is 0. The van der Waals surface area contributed by atoms with Gasteiger partial charge in [-0.05, 0) is 48.9 Å². The molecule has 0 saturated heterocycles. The van der Waals surface area contributed by atoms with E-state index in [0.717, 1.165) is 0 Å². The van der Waals surface area contributed by atoms with Crippen molar-refractivity contribution in [1.29, 1.82) is 0 Å². The van der Waals surface area contributed by atoms with Gasteiger partial charge in [0.05, 0.1) is 0 Å². The molecule has 0 saturated carbocycles. The van der Waals surface area contributed by atoms with Crippen molar-refractivity contribution in [2.24, 2.45) is 0 Å². The number of benzene rings is 1. The highest BCUT2D eigenvalue weighted by molar-refractivity contribution is 6.92. The second-order valence-electron chi connectivity index (χ2n) is 8.12. The Morgan fingerprint density at radius 3 is 1.56 bits per heavy atom. The predicted octanol–water partition coefficient (Wildman–Crippen LogP) is 9.12. The zero-order valence-electron chi connectivity index (χ0n) is 18.6. The number of unbranched alkanes of at least 4 members (excludes halogenated alkanes) is 13. The Morgan fingerprint density at radius 1 is 0.667 bits per heavy atom. The molecular weight excluding hydrogens is 367 g/mol. The molecule has 1 aromatic carbocycles. The first-order valence-corrected chi connectivity index (χ1v) is 11.9. The van der Waals surface area contributed by atoms with E-state index in [-0.39, 0.29) is 9.90 Å². The van der Waals surface area contributed by atoms with Gasteiger partial charge < -0.3 is 0 Å². The van der Waals surface area contributed by atoms with Crippen molar-refractivity contribution in [3.8, 4) is 0 Å². The Hall–Kier alpha value is -0.0600. The summed E-state index contributed by atoms with van der Waals surface area (Å²) >= 11 is 6.12.